The zero-order valence-electron chi connectivity index (χ0n) is 15.5. The number of anilines is 3. The largest absolute Gasteiger partial charge is 0.340 e. The predicted molar refractivity (Wildman–Crippen MR) is 108 cm³/mol. The SMILES string of the molecule is CC(=O)c1cccc(Nc2ccc(NC(=O)c3ccc(C)c(C)c3)cn2)c1. The second-order valence-corrected chi connectivity index (χ2v) is 6.45. The van der Waals surface area contributed by atoms with Gasteiger partial charge in [-0.2, -0.15) is 0 Å². The fraction of sp³-hybridized carbons (Fsp3) is 0.136. The van der Waals surface area contributed by atoms with Gasteiger partial charge in [-0.1, -0.05) is 18.2 Å². The number of hydrogen-bond acceptors (Lipinski definition) is 4. The number of nitrogens with zero attached hydrogens (tertiary/aromatic N) is 1. The minimum atomic E-state index is -0.172. The van der Waals surface area contributed by atoms with Crippen LogP contribution in [-0.2, 0) is 0 Å². The molecule has 27 heavy (non-hydrogen) atoms. The third-order valence-electron chi connectivity index (χ3n) is 4.33. The van der Waals surface area contributed by atoms with E-state index < -0.39 is 0 Å². The molecule has 1 aromatic heterocycles. The molecule has 0 aliphatic rings. The third-order valence-corrected chi connectivity index (χ3v) is 4.33. The Labute approximate surface area is 158 Å². The number of aromatic nitrogens is 1. The van der Waals surface area contributed by atoms with Crippen LogP contribution in [0.2, 0.25) is 0 Å². The molecular weight excluding hydrogens is 338 g/mol. The van der Waals surface area contributed by atoms with Gasteiger partial charge in [0, 0.05) is 16.8 Å². The Hall–Kier alpha value is -3.47. The first-order chi connectivity index (χ1) is 12.9. The molecule has 0 aliphatic carbocycles. The molecule has 0 fully saturated rings. The van der Waals surface area contributed by atoms with Crippen LogP contribution in [0.4, 0.5) is 17.2 Å². The molecule has 136 valence electrons. The monoisotopic (exact) mass is 359 g/mol. The summed E-state index contributed by atoms with van der Waals surface area (Å²) in [7, 11) is 0. The third kappa shape index (κ3) is 4.58. The number of hydrogen-bond donors (Lipinski definition) is 2. The number of pyridine rings is 1. The van der Waals surface area contributed by atoms with Crippen LogP contribution in [-0.4, -0.2) is 16.7 Å². The molecule has 0 bridgehead atoms. The van der Waals surface area contributed by atoms with Crippen LogP contribution in [0.25, 0.3) is 0 Å². The fourth-order valence-electron chi connectivity index (χ4n) is 2.59. The van der Waals surface area contributed by atoms with Crippen molar-refractivity contribution in [1.29, 1.82) is 0 Å². The van der Waals surface area contributed by atoms with Gasteiger partial charge in [0.05, 0.1) is 11.9 Å². The lowest BCUT2D eigenvalue weighted by molar-refractivity contribution is 0.101. The van der Waals surface area contributed by atoms with Gasteiger partial charge < -0.3 is 10.6 Å². The van der Waals surface area contributed by atoms with Gasteiger partial charge in [0.15, 0.2) is 5.78 Å². The second-order valence-electron chi connectivity index (χ2n) is 6.45. The van der Waals surface area contributed by atoms with Gasteiger partial charge >= 0.3 is 0 Å². The van der Waals surface area contributed by atoms with E-state index in [4.69, 9.17) is 0 Å². The first kappa shape index (κ1) is 18.3. The maximum absolute atomic E-state index is 12.4. The molecule has 0 saturated carbocycles. The van der Waals surface area contributed by atoms with E-state index in [2.05, 4.69) is 15.6 Å². The number of amides is 1. The quantitative estimate of drug-likeness (QED) is 0.636. The summed E-state index contributed by atoms with van der Waals surface area (Å²) in [5, 5.41) is 6.00. The number of Topliss-reactive ketones (excluding diaryl/α,β-unsaturated/α-hetero) is 1. The number of aryl methyl sites for hydroxylation is 2. The molecule has 0 saturated heterocycles. The highest BCUT2D eigenvalue weighted by Gasteiger charge is 2.08. The van der Waals surface area contributed by atoms with E-state index in [0.29, 0.717) is 22.6 Å². The summed E-state index contributed by atoms with van der Waals surface area (Å²) in [5.74, 6) is 0.464. The van der Waals surface area contributed by atoms with Gasteiger partial charge in [0.1, 0.15) is 5.82 Å². The van der Waals surface area contributed by atoms with Gasteiger partial charge in [0.2, 0.25) is 0 Å². The maximum atomic E-state index is 12.4. The normalized spacial score (nSPS) is 10.3. The van der Waals surface area contributed by atoms with Crippen molar-refractivity contribution in [2.45, 2.75) is 20.8 Å². The molecule has 1 heterocycles. The van der Waals surface area contributed by atoms with Crippen molar-refractivity contribution in [3.05, 3.63) is 83.0 Å². The van der Waals surface area contributed by atoms with E-state index in [9.17, 15) is 9.59 Å². The molecule has 3 aromatic rings. The van der Waals surface area contributed by atoms with Gasteiger partial charge in [0.25, 0.3) is 5.91 Å². The average Bonchev–Trinajstić information content (AvgIpc) is 2.65. The highest BCUT2D eigenvalue weighted by atomic mass is 16.1. The van der Waals surface area contributed by atoms with Gasteiger partial charge in [-0.15, -0.1) is 0 Å². The van der Waals surface area contributed by atoms with Crippen LogP contribution in [0.5, 0.6) is 0 Å². The molecule has 2 aromatic carbocycles. The standard InChI is InChI=1S/C22H21N3O2/c1-14-7-8-18(11-15(14)2)22(27)25-20-9-10-21(23-13-20)24-19-6-4-5-17(12-19)16(3)26/h4-13H,1-3H3,(H,23,24)(H,25,27). The van der Waals surface area contributed by atoms with Crippen LogP contribution in [0.3, 0.4) is 0 Å². The molecular formula is C22H21N3O2. The second kappa shape index (κ2) is 7.83. The smallest absolute Gasteiger partial charge is 0.255 e. The molecule has 5 nitrogen and oxygen atoms in total. The molecule has 1 amide bonds. The lowest BCUT2D eigenvalue weighted by Crippen LogP contribution is -2.12. The summed E-state index contributed by atoms with van der Waals surface area (Å²) < 4.78 is 0. The number of nitrogens with one attached hydrogen (secondary N) is 2. The molecule has 5 heteroatoms. The average molecular weight is 359 g/mol. The van der Waals surface area contributed by atoms with E-state index in [1.807, 2.05) is 44.2 Å². The molecule has 0 atom stereocenters. The Morgan fingerprint density at radius 1 is 0.852 bits per heavy atom. The van der Waals surface area contributed by atoms with E-state index in [1.54, 1.807) is 30.5 Å². The highest BCUT2D eigenvalue weighted by Crippen LogP contribution is 2.18. The topological polar surface area (TPSA) is 71.1 Å². The summed E-state index contributed by atoms with van der Waals surface area (Å²) >= 11 is 0. The van der Waals surface area contributed by atoms with Crippen LogP contribution in [0.15, 0.2) is 60.8 Å². The van der Waals surface area contributed by atoms with Crippen molar-refractivity contribution < 1.29 is 9.59 Å². The zero-order valence-corrected chi connectivity index (χ0v) is 15.5. The Morgan fingerprint density at radius 2 is 1.67 bits per heavy atom. The van der Waals surface area contributed by atoms with Crippen molar-refractivity contribution in [1.82, 2.24) is 4.98 Å². The number of rotatable bonds is 5. The molecule has 3 rings (SSSR count). The van der Waals surface area contributed by atoms with E-state index in [1.165, 1.54) is 6.92 Å². The summed E-state index contributed by atoms with van der Waals surface area (Å²) in [6.07, 6.45) is 1.59. The Morgan fingerprint density at radius 3 is 2.33 bits per heavy atom. The van der Waals surface area contributed by atoms with Crippen LogP contribution in [0.1, 0.15) is 38.8 Å². The minimum Gasteiger partial charge on any atom is -0.340 e. The zero-order chi connectivity index (χ0) is 19.4. The minimum absolute atomic E-state index is 0.0102. The van der Waals surface area contributed by atoms with E-state index >= 15 is 0 Å². The molecule has 0 aliphatic heterocycles. The summed E-state index contributed by atoms with van der Waals surface area (Å²) in [6.45, 7) is 5.53. The van der Waals surface area contributed by atoms with Crippen molar-refractivity contribution >= 4 is 28.9 Å². The summed E-state index contributed by atoms with van der Waals surface area (Å²) in [5.41, 5.74) is 4.87. The number of carbonyl (C=O) groups excluding carboxylic acids is 2. The lowest BCUT2D eigenvalue weighted by atomic mass is 10.1. The van der Waals surface area contributed by atoms with Crippen LogP contribution in [0, 0.1) is 13.8 Å². The van der Waals surface area contributed by atoms with Gasteiger partial charge in [-0.3, -0.25) is 9.59 Å². The van der Waals surface area contributed by atoms with Crippen molar-refractivity contribution in [3.63, 3.8) is 0 Å². The molecule has 0 unspecified atom stereocenters. The van der Waals surface area contributed by atoms with E-state index in [-0.39, 0.29) is 11.7 Å². The van der Waals surface area contributed by atoms with Crippen LogP contribution < -0.4 is 10.6 Å². The van der Waals surface area contributed by atoms with Crippen LogP contribution >= 0.6 is 0 Å². The number of carbonyl (C=O) groups is 2. The molecule has 0 radical (unpaired) electrons. The van der Waals surface area contributed by atoms with Crippen molar-refractivity contribution in [3.8, 4) is 0 Å². The van der Waals surface area contributed by atoms with E-state index in [0.717, 1.165) is 16.8 Å². The Balaban J connectivity index is 1.68. The van der Waals surface area contributed by atoms with Crippen molar-refractivity contribution in [2.75, 3.05) is 10.6 Å². The Bertz CT molecular complexity index is 995. The molecule has 0 spiro atoms. The predicted octanol–water partition coefficient (Wildman–Crippen LogP) is 4.90. The first-order valence-corrected chi connectivity index (χ1v) is 8.65. The summed E-state index contributed by atoms with van der Waals surface area (Å²) in [4.78, 5) is 28.2. The number of benzene rings is 2. The molecule has 2 N–H and O–H groups in total. The highest BCUT2D eigenvalue weighted by molar-refractivity contribution is 6.04. The Kier molecular flexibility index (Phi) is 5.31. The lowest BCUT2D eigenvalue weighted by Gasteiger charge is -2.09. The maximum Gasteiger partial charge on any atom is 0.255 e. The van der Waals surface area contributed by atoms with Gasteiger partial charge in [-0.25, -0.2) is 4.98 Å². The van der Waals surface area contributed by atoms with Crippen molar-refractivity contribution in [2.24, 2.45) is 0 Å². The number of ketones is 1. The summed E-state index contributed by atoms with van der Waals surface area (Å²) in [6, 6.07) is 16.4. The first-order valence-electron chi connectivity index (χ1n) is 8.65. The van der Waals surface area contributed by atoms with Gasteiger partial charge in [-0.05, 0) is 68.3 Å². The fourth-order valence-corrected chi connectivity index (χ4v) is 2.59.